The monoisotopic (exact) mass is 226 g/mol. The van der Waals surface area contributed by atoms with Crippen LogP contribution in [0.4, 0.5) is 0 Å². The Labute approximate surface area is 97.1 Å². The Morgan fingerprint density at radius 2 is 2.12 bits per heavy atom. The predicted molar refractivity (Wildman–Crippen MR) is 61.9 cm³/mol. The number of nitrogens with zero attached hydrogens (tertiary/aromatic N) is 1. The fraction of sp³-hybridized carbons (Fsp3) is 0.917. The molecule has 4 atom stereocenters. The van der Waals surface area contributed by atoms with Crippen molar-refractivity contribution < 1.29 is 9.53 Å². The Balaban J connectivity index is 1.95. The van der Waals surface area contributed by atoms with E-state index < -0.39 is 0 Å². The van der Waals surface area contributed by atoms with Crippen LogP contribution in [0.2, 0.25) is 0 Å². The number of rotatable bonds is 1. The lowest BCUT2D eigenvalue weighted by Crippen LogP contribution is -2.50. The highest BCUT2D eigenvalue weighted by atomic mass is 16.5. The quantitative estimate of drug-likeness (QED) is 0.712. The first-order chi connectivity index (χ1) is 7.59. The fourth-order valence-electron chi connectivity index (χ4n) is 2.65. The minimum absolute atomic E-state index is 0.0709. The maximum absolute atomic E-state index is 12.3. The molecule has 92 valence electrons. The molecular formula is C12H22N2O2. The van der Waals surface area contributed by atoms with Gasteiger partial charge >= 0.3 is 0 Å². The van der Waals surface area contributed by atoms with Crippen LogP contribution in [0.1, 0.15) is 26.7 Å². The van der Waals surface area contributed by atoms with Crippen molar-refractivity contribution in [1.29, 1.82) is 0 Å². The third kappa shape index (κ3) is 2.23. The van der Waals surface area contributed by atoms with E-state index in [-0.39, 0.29) is 24.0 Å². The molecule has 2 aliphatic heterocycles. The molecule has 0 aromatic heterocycles. The van der Waals surface area contributed by atoms with Gasteiger partial charge in [-0.15, -0.1) is 0 Å². The van der Waals surface area contributed by atoms with E-state index in [9.17, 15) is 4.79 Å². The molecule has 0 radical (unpaired) electrons. The van der Waals surface area contributed by atoms with Crippen LogP contribution in [0, 0.1) is 11.8 Å². The largest absolute Gasteiger partial charge is 0.378 e. The van der Waals surface area contributed by atoms with Gasteiger partial charge in [0.05, 0.1) is 12.0 Å². The molecule has 2 aliphatic rings. The Morgan fingerprint density at radius 1 is 1.38 bits per heavy atom. The number of piperidine rings is 1. The Kier molecular flexibility index (Phi) is 3.50. The zero-order valence-electron chi connectivity index (χ0n) is 10.2. The van der Waals surface area contributed by atoms with Gasteiger partial charge in [-0.3, -0.25) is 4.79 Å². The molecule has 0 aromatic rings. The van der Waals surface area contributed by atoms with E-state index in [2.05, 4.69) is 6.92 Å². The van der Waals surface area contributed by atoms with E-state index in [1.807, 2.05) is 11.8 Å². The Morgan fingerprint density at radius 3 is 2.69 bits per heavy atom. The van der Waals surface area contributed by atoms with Gasteiger partial charge in [0.25, 0.3) is 0 Å². The zero-order valence-corrected chi connectivity index (χ0v) is 10.2. The summed E-state index contributed by atoms with van der Waals surface area (Å²) in [6.07, 6.45) is 1.88. The third-order valence-corrected chi connectivity index (χ3v) is 3.98. The van der Waals surface area contributed by atoms with Gasteiger partial charge in [0.2, 0.25) is 5.91 Å². The number of carbonyl (C=O) groups is 1. The topological polar surface area (TPSA) is 55.6 Å². The van der Waals surface area contributed by atoms with Gasteiger partial charge in [-0.05, 0) is 25.7 Å². The van der Waals surface area contributed by atoms with Crippen LogP contribution in [0.5, 0.6) is 0 Å². The molecule has 16 heavy (non-hydrogen) atoms. The van der Waals surface area contributed by atoms with Gasteiger partial charge in [-0.25, -0.2) is 0 Å². The number of ether oxygens (including phenoxy) is 1. The number of hydrogen-bond donors (Lipinski definition) is 1. The fourth-order valence-corrected chi connectivity index (χ4v) is 2.65. The molecule has 0 bridgehead atoms. The molecule has 0 aromatic carbocycles. The van der Waals surface area contributed by atoms with Crippen molar-refractivity contribution in [2.24, 2.45) is 17.6 Å². The molecule has 0 aliphatic carbocycles. The van der Waals surface area contributed by atoms with Crippen molar-refractivity contribution in [3.8, 4) is 0 Å². The van der Waals surface area contributed by atoms with Gasteiger partial charge in [0.15, 0.2) is 0 Å². The van der Waals surface area contributed by atoms with Gasteiger partial charge in [-0.2, -0.15) is 0 Å². The van der Waals surface area contributed by atoms with Crippen molar-refractivity contribution in [2.75, 3.05) is 19.7 Å². The molecule has 1 amide bonds. The molecular weight excluding hydrogens is 204 g/mol. The van der Waals surface area contributed by atoms with Crippen LogP contribution in [-0.2, 0) is 9.53 Å². The Bertz CT molecular complexity index is 270. The summed E-state index contributed by atoms with van der Waals surface area (Å²) in [6.45, 7) is 6.46. The van der Waals surface area contributed by atoms with E-state index in [4.69, 9.17) is 10.5 Å². The number of amides is 1. The molecule has 2 rings (SSSR count). The van der Waals surface area contributed by atoms with Crippen molar-refractivity contribution >= 4 is 5.91 Å². The number of carbonyl (C=O) groups excluding carboxylic acids is 1. The van der Waals surface area contributed by atoms with Crippen LogP contribution in [0.3, 0.4) is 0 Å². The van der Waals surface area contributed by atoms with Gasteiger partial charge in [0.1, 0.15) is 0 Å². The average Bonchev–Trinajstić information content (AvgIpc) is 2.67. The van der Waals surface area contributed by atoms with Crippen LogP contribution in [0.15, 0.2) is 0 Å². The molecule has 2 heterocycles. The Hall–Kier alpha value is -0.610. The number of likely N-dealkylation sites (tertiary alicyclic amines) is 1. The van der Waals surface area contributed by atoms with E-state index >= 15 is 0 Å². The SMILES string of the molecule is CC1CN(C(=O)C2CCOC2C)CCC1N. The van der Waals surface area contributed by atoms with Crippen LogP contribution < -0.4 is 5.73 Å². The van der Waals surface area contributed by atoms with Crippen molar-refractivity contribution in [2.45, 2.75) is 38.8 Å². The predicted octanol–water partition coefficient (Wildman–Crippen LogP) is 0.607. The van der Waals surface area contributed by atoms with Gasteiger partial charge in [-0.1, -0.05) is 6.92 Å². The molecule has 2 N–H and O–H groups in total. The first-order valence-corrected chi connectivity index (χ1v) is 6.25. The standard InChI is InChI=1S/C12H22N2O2/c1-8-7-14(5-3-11(8)13)12(15)10-4-6-16-9(10)2/h8-11H,3-7,13H2,1-2H3. The summed E-state index contributed by atoms with van der Waals surface area (Å²) < 4.78 is 5.45. The highest BCUT2D eigenvalue weighted by molar-refractivity contribution is 5.79. The molecule has 0 saturated carbocycles. The van der Waals surface area contributed by atoms with Crippen molar-refractivity contribution in [1.82, 2.24) is 4.90 Å². The summed E-state index contributed by atoms with van der Waals surface area (Å²) in [4.78, 5) is 14.2. The van der Waals surface area contributed by atoms with E-state index in [0.717, 1.165) is 32.5 Å². The summed E-state index contributed by atoms with van der Waals surface area (Å²) in [5.41, 5.74) is 5.96. The van der Waals surface area contributed by atoms with Crippen LogP contribution >= 0.6 is 0 Å². The van der Waals surface area contributed by atoms with Crippen molar-refractivity contribution in [3.05, 3.63) is 0 Å². The minimum Gasteiger partial charge on any atom is -0.378 e. The summed E-state index contributed by atoms with van der Waals surface area (Å²) in [7, 11) is 0. The second-order valence-electron chi connectivity index (χ2n) is 5.19. The first kappa shape index (κ1) is 11.9. The van der Waals surface area contributed by atoms with Gasteiger partial charge in [0, 0.05) is 25.7 Å². The highest BCUT2D eigenvalue weighted by Gasteiger charge is 2.36. The molecule has 4 nitrogen and oxygen atoms in total. The smallest absolute Gasteiger partial charge is 0.228 e. The number of nitrogens with two attached hydrogens (primary N) is 1. The summed E-state index contributed by atoms with van der Waals surface area (Å²) in [6, 6.07) is 0.251. The lowest BCUT2D eigenvalue weighted by Gasteiger charge is -2.36. The molecule has 4 unspecified atom stereocenters. The molecule has 2 saturated heterocycles. The summed E-state index contributed by atoms with van der Waals surface area (Å²) in [5, 5.41) is 0. The summed E-state index contributed by atoms with van der Waals surface area (Å²) in [5.74, 6) is 0.751. The average molecular weight is 226 g/mol. The zero-order chi connectivity index (χ0) is 11.7. The third-order valence-electron chi connectivity index (χ3n) is 3.98. The van der Waals surface area contributed by atoms with Gasteiger partial charge < -0.3 is 15.4 Å². The van der Waals surface area contributed by atoms with Crippen molar-refractivity contribution in [3.63, 3.8) is 0 Å². The van der Waals surface area contributed by atoms with E-state index in [0.29, 0.717) is 5.92 Å². The molecule has 0 spiro atoms. The van der Waals surface area contributed by atoms with Crippen LogP contribution in [-0.4, -0.2) is 42.6 Å². The van der Waals surface area contributed by atoms with Crippen LogP contribution in [0.25, 0.3) is 0 Å². The first-order valence-electron chi connectivity index (χ1n) is 6.25. The maximum atomic E-state index is 12.3. The lowest BCUT2D eigenvalue weighted by atomic mass is 9.92. The lowest BCUT2D eigenvalue weighted by molar-refractivity contribution is -0.138. The minimum atomic E-state index is 0.0709. The second kappa shape index (κ2) is 4.72. The van der Waals surface area contributed by atoms with E-state index in [1.54, 1.807) is 0 Å². The molecule has 4 heteroatoms. The highest BCUT2D eigenvalue weighted by Crippen LogP contribution is 2.25. The molecule has 2 fully saturated rings. The second-order valence-corrected chi connectivity index (χ2v) is 5.19. The number of hydrogen-bond acceptors (Lipinski definition) is 3. The normalized spacial score (nSPS) is 40.1. The maximum Gasteiger partial charge on any atom is 0.228 e. The van der Waals surface area contributed by atoms with E-state index in [1.165, 1.54) is 0 Å². The summed E-state index contributed by atoms with van der Waals surface area (Å²) >= 11 is 0.